The number of hydrogen-bond donors (Lipinski definition) is 3. The highest BCUT2D eigenvalue weighted by atomic mass is 16.1. The zero-order chi connectivity index (χ0) is 16.4. The Morgan fingerprint density at radius 1 is 1.04 bits per heavy atom. The summed E-state index contributed by atoms with van der Waals surface area (Å²) in [5.74, 6) is 0. The Balaban J connectivity index is 1.72. The molecular weight excluding hydrogens is 298 g/mol. The van der Waals surface area contributed by atoms with Crippen LogP contribution in [0.5, 0.6) is 0 Å². The van der Waals surface area contributed by atoms with Gasteiger partial charge in [0.25, 0.3) is 5.56 Å². The summed E-state index contributed by atoms with van der Waals surface area (Å²) in [6.45, 7) is 0. The first-order chi connectivity index (χ1) is 11.8. The molecular formula is C20H21N3O. The van der Waals surface area contributed by atoms with E-state index in [4.69, 9.17) is 0 Å². The summed E-state index contributed by atoms with van der Waals surface area (Å²) in [4.78, 5) is 15.6. The molecule has 24 heavy (non-hydrogen) atoms. The number of aryl methyl sites for hydroxylation is 2. The van der Waals surface area contributed by atoms with E-state index < -0.39 is 0 Å². The van der Waals surface area contributed by atoms with Gasteiger partial charge in [-0.2, -0.15) is 0 Å². The van der Waals surface area contributed by atoms with Crippen LogP contribution in [0.15, 0.2) is 41.2 Å². The number of aromatic nitrogens is 3. The van der Waals surface area contributed by atoms with Crippen molar-refractivity contribution < 1.29 is 0 Å². The summed E-state index contributed by atoms with van der Waals surface area (Å²) in [5, 5.41) is 7.22. The lowest BCUT2D eigenvalue weighted by molar-refractivity contribution is 0.677. The normalized spacial score (nSPS) is 15.7. The number of rotatable bonds is 3. The molecule has 3 N–H and O–H groups in total. The maximum Gasteiger partial charge on any atom is 0.271 e. The third kappa shape index (κ3) is 3.00. The van der Waals surface area contributed by atoms with Crippen LogP contribution in [0.2, 0.25) is 0 Å². The summed E-state index contributed by atoms with van der Waals surface area (Å²) >= 11 is 0. The van der Waals surface area contributed by atoms with Gasteiger partial charge in [0, 0.05) is 11.4 Å². The molecule has 0 spiro atoms. The van der Waals surface area contributed by atoms with Crippen molar-refractivity contribution >= 4 is 12.2 Å². The molecule has 0 saturated heterocycles. The Labute approximate surface area is 139 Å². The lowest BCUT2D eigenvalue weighted by Gasteiger charge is -2.08. The largest absolute Gasteiger partial charge is 0.359 e. The van der Waals surface area contributed by atoms with Crippen LogP contribution in [-0.4, -0.2) is 15.2 Å². The van der Waals surface area contributed by atoms with E-state index in [0.717, 1.165) is 30.3 Å². The Morgan fingerprint density at radius 3 is 2.71 bits per heavy atom. The van der Waals surface area contributed by atoms with Gasteiger partial charge in [-0.05, 0) is 55.4 Å². The van der Waals surface area contributed by atoms with Crippen LogP contribution in [-0.2, 0) is 19.3 Å². The highest BCUT2D eigenvalue weighted by Gasteiger charge is 2.11. The smallest absolute Gasteiger partial charge is 0.271 e. The van der Waals surface area contributed by atoms with Gasteiger partial charge in [0.05, 0.1) is 10.6 Å². The van der Waals surface area contributed by atoms with Gasteiger partial charge in [-0.3, -0.25) is 15.0 Å². The molecule has 0 bridgehead atoms. The first kappa shape index (κ1) is 14.8. The number of aromatic amines is 3. The summed E-state index contributed by atoms with van der Waals surface area (Å²) in [7, 11) is 0. The third-order valence-corrected chi connectivity index (χ3v) is 4.67. The SMILES string of the molecule is O=c1[nH][nH]c(=CCc2ccccc2)c1=Cc1cc2c([nH]1)CCCC2. The first-order valence-corrected chi connectivity index (χ1v) is 8.53. The number of hydrogen-bond acceptors (Lipinski definition) is 1. The molecule has 0 atom stereocenters. The standard InChI is InChI=1S/C20H21N3O/c24-20-17(13-16-12-15-8-4-5-9-18(15)21-16)19(22-23-20)11-10-14-6-2-1-3-7-14/h1-3,6-7,11-13,21-22H,4-5,8-10H2,(H,23,24). The van der Waals surface area contributed by atoms with Gasteiger partial charge >= 0.3 is 0 Å². The minimum Gasteiger partial charge on any atom is -0.359 e. The minimum absolute atomic E-state index is 0.0816. The van der Waals surface area contributed by atoms with E-state index in [-0.39, 0.29) is 5.56 Å². The molecule has 4 heteroatoms. The molecule has 4 rings (SSSR count). The van der Waals surface area contributed by atoms with Crippen molar-refractivity contribution in [3.63, 3.8) is 0 Å². The quantitative estimate of drug-likeness (QED) is 0.677. The molecule has 0 saturated carbocycles. The first-order valence-electron chi connectivity index (χ1n) is 8.53. The zero-order valence-corrected chi connectivity index (χ0v) is 13.6. The van der Waals surface area contributed by atoms with E-state index in [1.54, 1.807) is 0 Å². The monoisotopic (exact) mass is 319 g/mol. The van der Waals surface area contributed by atoms with Crippen molar-refractivity contribution in [2.75, 3.05) is 0 Å². The second-order valence-corrected chi connectivity index (χ2v) is 6.38. The highest BCUT2D eigenvalue weighted by Crippen LogP contribution is 2.21. The maximum absolute atomic E-state index is 12.1. The van der Waals surface area contributed by atoms with E-state index in [1.165, 1.54) is 29.7 Å². The number of H-pyrrole nitrogens is 3. The lowest BCUT2D eigenvalue weighted by atomic mass is 9.98. The predicted octanol–water partition coefficient (Wildman–Crippen LogP) is 1.76. The van der Waals surface area contributed by atoms with Gasteiger partial charge in [0.1, 0.15) is 0 Å². The van der Waals surface area contributed by atoms with E-state index >= 15 is 0 Å². The molecule has 4 nitrogen and oxygen atoms in total. The summed E-state index contributed by atoms with van der Waals surface area (Å²) in [5.41, 5.74) is 4.88. The second kappa shape index (κ2) is 6.40. The Morgan fingerprint density at radius 2 is 1.88 bits per heavy atom. The molecule has 1 aliphatic rings. The van der Waals surface area contributed by atoms with E-state index in [1.807, 2.05) is 24.3 Å². The molecule has 0 unspecified atom stereocenters. The number of nitrogens with one attached hydrogen (secondary N) is 3. The van der Waals surface area contributed by atoms with Crippen molar-refractivity contribution in [3.8, 4) is 0 Å². The van der Waals surface area contributed by atoms with Crippen molar-refractivity contribution in [2.45, 2.75) is 32.1 Å². The van der Waals surface area contributed by atoms with Crippen LogP contribution in [0.4, 0.5) is 0 Å². The number of fused-ring (bicyclic) bond motifs is 1. The van der Waals surface area contributed by atoms with Crippen LogP contribution >= 0.6 is 0 Å². The zero-order valence-electron chi connectivity index (χ0n) is 13.6. The van der Waals surface area contributed by atoms with Crippen LogP contribution < -0.4 is 16.1 Å². The van der Waals surface area contributed by atoms with Crippen molar-refractivity contribution in [3.05, 3.63) is 79.8 Å². The predicted molar refractivity (Wildman–Crippen MR) is 96.3 cm³/mol. The molecule has 1 aromatic carbocycles. The molecule has 2 heterocycles. The van der Waals surface area contributed by atoms with Gasteiger partial charge in [0.15, 0.2) is 0 Å². The third-order valence-electron chi connectivity index (χ3n) is 4.67. The van der Waals surface area contributed by atoms with E-state index in [9.17, 15) is 4.79 Å². The van der Waals surface area contributed by atoms with Gasteiger partial charge in [-0.1, -0.05) is 36.4 Å². The van der Waals surface area contributed by atoms with Crippen LogP contribution in [0.1, 0.15) is 35.4 Å². The van der Waals surface area contributed by atoms with Crippen LogP contribution in [0.3, 0.4) is 0 Å². The van der Waals surface area contributed by atoms with Gasteiger partial charge in [0.2, 0.25) is 0 Å². The average molecular weight is 319 g/mol. The van der Waals surface area contributed by atoms with Crippen LogP contribution in [0.25, 0.3) is 12.2 Å². The number of benzene rings is 1. The second-order valence-electron chi connectivity index (χ2n) is 6.38. The lowest BCUT2D eigenvalue weighted by Crippen LogP contribution is -2.33. The van der Waals surface area contributed by atoms with E-state index in [2.05, 4.69) is 39.5 Å². The van der Waals surface area contributed by atoms with Crippen molar-refractivity contribution in [1.82, 2.24) is 15.2 Å². The Bertz CT molecular complexity index is 982. The van der Waals surface area contributed by atoms with Crippen LogP contribution in [0, 0.1) is 0 Å². The maximum atomic E-state index is 12.1. The van der Waals surface area contributed by atoms with Gasteiger partial charge < -0.3 is 4.98 Å². The average Bonchev–Trinajstić information content (AvgIpc) is 3.18. The Hall–Kier alpha value is -2.75. The molecule has 0 radical (unpaired) electrons. The molecule has 0 fully saturated rings. The van der Waals surface area contributed by atoms with E-state index in [0.29, 0.717) is 5.22 Å². The highest BCUT2D eigenvalue weighted by molar-refractivity contribution is 5.49. The molecule has 0 aliphatic heterocycles. The Kier molecular flexibility index (Phi) is 3.95. The molecule has 122 valence electrons. The van der Waals surface area contributed by atoms with Crippen molar-refractivity contribution in [2.24, 2.45) is 0 Å². The fourth-order valence-electron chi connectivity index (χ4n) is 3.38. The molecule has 2 aromatic heterocycles. The van der Waals surface area contributed by atoms with Gasteiger partial charge in [-0.25, -0.2) is 0 Å². The fraction of sp³-hybridized carbons (Fsp3) is 0.250. The molecule has 1 aliphatic carbocycles. The topological polar surface area (TPSA) is 64.4 Å². The molecule has 0 amide bonds. The summed E-state index contributed by atoms with van der Waals surface area (Å²) < 4.78 is 0. The van der Waals surface area contributed by atoms with Crippen molar-refractivity contribution in [1.29, 1.82) is 0 Å². The minimum atomic E-state index is -0.0816. The fourth-order valence-corrected chi connectivity index (χ4v) is 3.38. The summed E-state index contributed by atoms with van der Waals surface area (Å²) in [6, 6.07) is 12.4. The summed E-state index contributed by atoms with van der Waals surface area (Å²) in [6.07, 6.45) is 9.54. The molecule has 3 aromatic rings. The van der Waals surface area contributed by atoms with Gasteiger partial charge in [-0.15, -0.1) is 0 Å².